The first-order valence-electron chi connectivity index (χ1n) is 3.61. The van der Waals surface area contributed by atoms with Crippen LogP contribution in [0.15, 0.2) is 24.1 Å². The molecule has 0 amide bonds. The monoisotopic (exact) mass is 226 g/mol. The van der Waals surface area contributed by atoms with E-state index in [1.807, 2.05) is 0 Å². The molecule has 84 valence electrons. The number of hydrogen-bond acceptors (Lipinski definition) is 3. The van der Waals surface area contributed by atoms with Crippen LogP contribution >= 0.6 is 0 Å². The van der Waals surface area contributed by atoms with Crippen molar-refractivity contribution >= 4 is 11.9 Å². The van der Waals surface area contributed by atoms with E-state index < -0.39 is 43.0 Å². The molecule has 0 unspecified atom stereocenters. The van der Waals surface area contributed by atoms with Crippen molar-refractivity contribution in [2.75, 3.05) is 6.67 Å². The van der Waals surface area contributed by atoms with Crippen LogP contribution in [0.4, 0.5) is 17.6 Å². The Morgan fingerprint density at radius 1 is 1.20 bits per heavy atom. The standard InChI is InChI=1S/C8H6F4O3/c9-3-5(11)1-7(13)15-8(14)2-6(12)4-10/h1,4H,2-3H2. The van der Waals surface area contributed by atoms with Gasteiger partial charge in [-0.15, -0.1) is 0 Å². The van der Waals surface area contributed by atoms with Crippen LogP contribution in [0.5, 0.6) is 0 Å². The maximum absolute atomic E-state index is 12.1. The van der Waals surface area contributed by atoms with Gasteiger partial charge in [-0.3, -0.25) is 4.79 Å². The number of ether oxygens (including phenoxy) is 1. The minimum absolute atomic E-state index is 0.0922. The van der Waals surface area contributed by atoms with Crippen molar-refractivity contribution in [3.05, 3.63) is 24.1 Å². The zero-order valence-corrected chi connectivity index (χ0v) is 7.31. The van der Waals surface area contributed by atoms with Gasteiger partial charge in [0.05, 0.1) is 6.08 Å². The number of esters is 2. The molecular formula is C8H6F4O3. The highest BCUT2D eigenvalue weighted by atomic mass is 19.2. The van der Waals surface area contributed by atoms with Gasteiger partial charge in [-0.05, 0) is 0 Å². The summed E-state index contributed by atoms with van der Waals surface area (Å²) in [5.41, 5.74) is 0. The lowest BCUT2D eigenvalue weighted by molar-refractivity contribution is -0.155. The molecule has 0 saturated carbocycles. The topological polar surface area (TPSA) is 43.4 Å². The second-order valence-electron chi connectivity index (χ2n) is 2.25. The zero-order chi connectivity index (χ0) is 11.8. The van der Waals surface area contributed by atoms with E-state index in [-0.39, 0.29) is 6.08 Å². The fourth-order valence-corrected chi connectivity index (χ4v) is 0.521. The first kappa shape index (κ1) is 13.3. The average Bonchev–Trinajstić information content (AvgIpc) is 2.16. The molecule has 0 spiro atoms. The van der Waals surface area contributed by atoms with Crippen molar-refractivity contribution in [3.8, 4) is 0 Å². The molecule has 0 heterocycles. The van der Waals surface area contributed by atoms with E-state index in [1.54, 1.807) is 0 Å². The zero-order valence-electron chi connectivity index (χ0n) is 7.31. The number of hydrogen-bond donors (Lipinski definition) is 0. The molecule has 0 aromatic heterocycles. The molecule has 0 atom stereocenters. The van der Waals surface area contributed by atoms with Crippen molar-refractivity contribution in [2.24, 2.45) is 0 Å². The minimum Gasteiger partial charge on any atom is -0.389 e. The summed E-state index contributed by atoms with van der Waals surface area (Å²) >= 11 is 0. The predicted octanol–water partition coefficient (Wildman–Crippen LogP) is 2.05. The summed E-state index contributed by atoms with van der Waals surface area (Å²) in [7, 11) is 0. The Kier molecular flexibility index (Phi) is 6.00. The quantitative estimate of drug-likeness (QED) is 0.319. The third-order valence-electron chi connectivity index (χ3n) is 1.05. The second kappa shape index (κ2) is 6.74. The Morgan fingerprint density at radius 2 is 1.80 bits per heavy atom. The summed E-state index contributed by atoms with van der Waals surface area (Å²) in [6.45, 7) is -1.53. The number of allylic oxidation sites excluding steroid dienone is 1. The lowest BCUT2D eigenvalue weighted by Crippen LogP contribution is -2.10. The van der Waals surface area contributed by atoms with E-state index >= 15 is 0 Å². The van der Waals surface area contributed by atoms with Crippen LogP contribution in [0.25, 0.3) is 0 Å². The van der Waals surface area contributed by atoms with Crippen LogP contribution in [0.2, 0.25) is 0 Å². The smallest absolute Gasteiger partial charge is 0.341 e. The summed E-state index contributed by atoms with van der Waals surface area (Å²) in [5, 5.41) is 0. The molecule has 15 heavy (non-hydrogen) atoms. The van der Waals surface area contributed by atoms with Gasteiger partial charge in [-0.2, -0.15) is 0 Å². The number of rotatable bonds is 4. The lowest BCUT2D eigenvalue weighted by Gasteiger charge is -1.97. The predicted molar refractivity (Wildman–Crippen MR) is 41.2 cm³/mol. The molecule has 7 heteroatoms. The maximum atomic E-state index is 12.1. The van der Waals surface area contributed by atoms with Gasteiger partial charge < -0.3 is 4.74 Å². The van der Waals surface area contributed by atoms with Gasteiger partial charge >= 0.3 is 11.9 Å². The Morgan fingerprint density at radius 3 is 2.27 bits per heavy atom. The van der Waals surface area contributed by atoms with Gasteiger partial charge in [0, 0.05) is 0 Å². The molecule has 0 bridgehead atoms. The molecular weight excluding hydrogens is 220 g/mol. The number of carbonyl (C=O) groups is 2. The third kappa shape index (κ3) is 6.42. The highest BCUT2D eigenvalue weighted by Crippen LogP contribution is 2.05. The van der Waals surface area contributed by atoms with Gasteiger partial charge in [-0.25, -0.2) is 22.4 Å². The van der Waals surface area contributed by atoms with Crippen molar-refractivity contribution < 1.29 is 31.9 Å². The van der Waals surface area contributed by atoms with Crippen LogP contribution in [0, 0.1) is 0 Å². The normalized spacial score (nSPS) is 12.5. The highest BCUT2D eigenvalue weighted by Gasteiger charge is 2.12. The lowest BCUT2D eigenvalue weighted by atomic mass is 10.4. The number of halogens is 4. The molecule has 0 aromatic rings. The van der Waals surface area contributed by atoms with Gasteiger partial charge in [0.2, 0.25) is 0 Å². The Hall–Kier alpha value is -1.66. The molecule has 0 radical (unpaired) electrons. The molecule has 0 saturated heterocycles. The van der Waals surface area contributed by atoms with Gasteiger partial charge in [0.1, 0.15) is 31.1 Å². The Balaban J connectivity index is 4.14. The van der Waals surface area contributed by atoms with Crippen LogP contribution in [0.3, 0.4) is 0 Å². The van der Waals surface area contributed by atoms with Crippen LogP contribution < -0.4 is 0 Å². The largest absolute Gasteiger partial charge is 0.389 e. The summed E-state index contributed by atoms with van der Waals surface area (Å²) in [5.74, 6) is -5.77. The second-order valence-corrected chi connectivity index (χ2v) is 2.25. The molecule has 0 aliphatic carbocycles. The fraction of sp³-hybridized carbons (Fsp3) is 0.250. The van der Waals surface area contributed by atoms with E-state index in [4.69, 9.17) is 0 Å². The fourth-order valence-electron chi connectivity index (χ4n) is 0.521. The minimum atomic E-state index is -1.53. The molecule has 0 rings (SSSR count). The van der Waals surface area contributed by atoms with Crippen molar-refractivity contribution in [2.45, 2.75) is 6.42 Å². The Labute approximate surface area is 82.0 Å². The highest BCUT2D eigenvalue weighted by molar-refractivity contribution is 5.92. The molecule has 0 aliphatic heterocycles. The molecule has 3 nitrogen and oxygen atoms in total. The van der Waals surface area contributed by atoms with E-state index in [1.165, 1.54) is 0 Å². The first-order chi connectivity index (χ1) is 6.99. The SMILES string of the molecule is O=C(C=C(F)CF)OC(=O)CC(F)=CF. The van der Waals surface area contributed by atoms with Crippen molar-refractivity contribution in [1.82, 2.24) is 0 Å². The van der Waals surface area contributed by atoms with Gasteiger partial charge in [0.15, 0.2) is 0 Å². The van der Waals surface area contributed by atoms with E-state index in [9.17, 15) is 27.2 Å². The molecule has 0 aliphatic rings. The van der Waals surface area contributed by atoms with Crippen LogP contribution in [0.1, 0.15) is 6.42 Å². The first-order valence-corrected chi connectivity index (χ1v) is 3.61. The van der Waals surface area contributed by atoms with Gasteiger partial charge in [-0.1, -0.05) is 0 Å². The van der Waals surface area contributed by atoms with E-state index in [2.05, 4.69) is 4.74 Å². The summed E-state index contributed by atoms with van der Waals surface area (Å²) in [4.78, 5) is 21.1. The van der Waals surface area contributed by atoms with Crippen molar-refractivity contribution in [3.63, 3.8) is 0 Å². The van der Waals surface area contributed by atoms with Crippen LogP contribution in [-0.2, 0) is 14.3 Å². The molecule has 0 aromatic carbocycles. The summed E-state index contributed by atoms with van der Waals surface area (Å²) in [6, 6.07) is 0. The Bertz CT molecular complexity index is 309. The van der Waals surface area contributed by atoms with E-state index in [0.717, 1.165) is 0 Å². The summed E-state index contributed by atoms with van der Waals surface area (Å²) < 4.78 is 50.9. The maximum Gasteiger partial charge on any atom is 0.341 e. The number of alkyl halides is 1. The van der Waals surface area contributed by atoms with Crippen LogP contribution in [-0.4, -0.2) is 18.6 Å². The third-order valence-corrected chi connectivity index (χ3v) is 1.05. The molecule has 0 fully saturated rings. The summed E-state index contributed by atoms with van der Waals surface area (Å²) in [6.07, 6.45) is -1.48. The average molecular weight is 226 g/mol. The molecule has 0 N–H and O–H groups in total. The number of carbonyl (C=O) groups excluding carboxylic acids is 2. The van der Waals surface area contributed by atoms with Gasteiger partial charge in [0.25, 0.3) is 0 Å². The van der Waals surface area contributed by atoms with Crippen molar-refractivity contribution in [1.29, 1.82) is 0 Å². The van der Waals surface area contributed by atoms with E-state index in [0.29, 0.717) is 0 Å².